The molecule has 0 spiro atoms. The van der Waals surface area contributed by atoms with Crippen LogP contribution in [0.25, 0.3) is 27.8 Å². The van der Waals surface area contributed by atoms with Crippen LogP contribution in [0.15, 0.2) is 17.1 Å². The molecule has 0 unspecified atom stereocenters. The number of aromatic nitrogens is 5. The highest BCUT2D eigenvalue weighted by Gasteiger charge is 2.26. The molecule has 110 valence electrons. The lowest BCUT2D eigenvalue weighted by Crippen LogP contribution is -2.00. The largest absolute Gasteiger partial charge is 0.432 e. The summed E-state index contributed by atoms with van der Waals surface area (Å²) in [6.07, 6.45) is 6.72. The zero-order chi connectivity index (χ0) is 14.8. The minimum atomic E-state index is 0.394. The van der Waals surface area contributed by atoms with Gasteiger partial charge in [-0.2, -0.15) is 0 Å². The van der Waals surface area contributed by atoms with Crippen molar-refractivity contribution in [1.29, 1.82) is 0 Å². The predicted octanol–water partition coefficient (Wildman–Crippen LogP) is 3.03. The molecular weight excluding hydrogens is 278 g/mol. The van der Waals surface area contributed by atoms with Crippen molar-refractivity contribution >= 4 is 27.8 Å². The standard InChI is InChI=1S/C16H15N5O/c1-8(2)12-10-5-3-4-9(10)11-13-14(22-16(11)19-12)15-20-18-7-21(15)6-17-13/h6-8H,3-5H2,1-2H3. The molecule has 1 aliphatic carbocycles. The van der Waals surface area contributed by atoms with Crippen LogP contribution in [0.3, 0.4) is 0 Å². The molecule has 0 N–H and O–H groups in total. The molecule has 4 aromatic heterocycles. The molecule has 5 rings (SSSR count). The first kappa shape index (κ1) is 12.1. The van der Waals surface area contributed by atoms with Crippen LogP contribution in [-0.4, -0.2) is 24.6 Å². The quantitative estimate of drug-likeness (QED) is 0.539. The molecule has 0 atom stereocenters. The van der Waals surface area contributed by atoms with E-state index in [0.29, 0.717) is 22.9 Å². The van der Waals surface area contributed by atoms with Crippen molar-refractivity contribution in [3.63, 3.8) is 0 Å². The molecule has 22 heavy (non-hydrogen) atoms. The second kappa shape index (κ2) is 4.03. The van der Waals surface area contributed by atoms with E-state index in [1.807, 2.05) is 0 Å². The number of aryl methyl sites for hydroxylation is 1. The lowest BCUT2D eigenvalue weighted by molar-refractivity contribution is 0.646. The van der Waals surface area contributed by atoms with Crippen LogP contribution in [0.2, 0.25) is 0 Å². The van der Waals surface area contributed by atoms with Crippen LogP contribution < -0.4 is 0 Å². The molecule has 0 saturated carbocycles. The summed E-state index contributed by atoms with van der Waals surface area (Å²) in [5, 5.41) is 9.14. The fraction of sp³-hybridized carbons (Fsp3) is 0.375. The van der Waals surface area contributed by atoms with Gasteiger partial charge in [-0.15, -0.1) is 10.2 Å². The topological polar surface area (TPSA) is 69.1 Å². The second-order valence-corrected chi connectivity index (χ2v) is 6.23. The summed E-state index contributed by atoms with van der Waals surface area (Å²) in [7, 11) is 0. The van der Waals surface area contributed by atoms with E-state index < -0.39 is 0 Å². The first-order valence-corrected chi connectivity index (χ1v) is 7.66. The molecule has 0 aliphatic heterocycles. The Hall–Kier alpha value is -2.50. The van der Waals surface area contributed by atoms with Gasteiger partial charge in [0.15, 0.2) is 0 Å². The number of nitrogens with zero attached hydrogens (tertiary/aromatic N) is 5. The van der Waals surface area contributed by atoms with E-state index in [2.05, 4.69) is 29.0 Å². The Bertz CT molecular complexity index is 1040. The van der Waals surface area contributed by atoms with Crippen molar-refractivity contribution in [3.05, 3.63) is 29.5 Å². The number of fused-ring (bicyclic) bond motifs is 7. The average molecular weight is 293 g/mol. The number of pyridine rings is 1. The van der Waals surface area contributed by atoms with Gasteiger partial charge < -0.3 is 4.42 Å². The highest BCUT2D eigenvalue weighted by atomic mass is 16.3. The maximum absolute atomic E-state index is 6.04. The van der Waals surface area contributed by atoms with Gasteiger partial charge in [-0.25, -0.2) is 9.97 Å². The first-order valence-electron chi connectivity index (χ1n) is 7.66. The zero-order valence-electron chi connectivity index (χ0n) is 12.5. The van der Waals surface area contributed by atoms with Crippen molar-refractivity contribution in [1.82, 2.24) is 24.6 Å². The molecule has 0 fully saturated rings. The maximum atomic E-state index is 6.04. The fourth-order valence-corrected chi connectivity index (χ4v) is 3.60. The lowest BCUT2D eigenvalue weighted by atomic mass is 9.99. The van der Waals surface area contributed by atoms with Crippen molar-refractivity contribution in [2.24, 2.45) is 0 Å². The Balaban J connectivity index is 2.00. The third-order valence-corrected chi connectivity index (χ3v) is 4.55. The molecular formula is C16H15N5O. The summed E-state index contributed by atoms with van der Waals surface area (Å²) in [4.78, 5) is 9.38. The van der Waals surface area contributed by atoms with Crippen molar-refractivity contribution < 1.29 is 4.42 Å². The number of hydrogen-bond donors (Lipinski definition) is 0. The Morgan fingerprint density at radius 2 is 2.05 bits per heavy atom. The van der Waals surface area contributed by atoms with E-state index in [1.54, 1.807) is 17.1 Å². The van der Waals surface area contributed by atoms with Crippen LogP contribution >= 0.6 is 0 Å². The minimum Gasteiger partial charge on any atom is -0.432 e. The molecule has 4 heterocycles. The van der Waals surface area contributed by atoms with Crippen LogP contribution in [0.4, 0.5) is 0 Å². The van der Waals surface area contributed by atoms with Gasteiger partial charge in [-0.05, 0) is 36.3 Å². The van der Waals surface area contributed by atoms with Crippen LogP contribution in [-0.2, 0) is 12.8 Å². The van der Waals surface area contributed by atoms with Gasteiger partial charge in [0.1, 0.15) is 18.2 Å². The number of rotatable bonds is 1. The highest BCUT2D eigenvalue weighted by Crippen LogP contribution is 2.38. The highest BCUT2D eigenvalue weighted by molar-refractivity contribution is 6.07. The summed E-state index contributed by atoms with van der Waals surface area (Å²) in [6, 6.07) is 0. The van der Waals surface area contributed by atoms with Gasteiger partial charge in [0.05, 0.1) is 11.1 Å². The van der Waals surface area contributed by atoms with E-state index in [0.717, 1.165) is 29.4 Å². The van der Waals surface area contributed by atoms with E-state index in [-0.39, 0.29) is 0 Å². The van der Waals surface area contributed by atoms with Crippen LogP contribution in [0, 0.1) is 0 Å². The van der Waals surface area contributed by atoms with Crippen LogP contribution in [0.1, 0.15) is 43.0 Å². The van der Waals surface area contributed by atoms with E-state index in [1.165, 1.54) is 17.5 Å². The molecule has 1 aliphatic rings. The molecule has 6 heteroatoms. The molecule has 0 bridgehead atoms. The molecule has 0 amide bonds. The summed E-state index contributed by atoms with van der Waals surface area (Å²) < 4.78 is 7.82. The van der Waals surface area contributed by atoms with Gasteiger partial charge >= 0.3 is 0 Å². The third kappa shape index (κ3) is 1.39. The van der Waals surface area contributed by atoms with Crippen molar-refractivity contribution in [2.45, 2.75) is 39.0 Å². The third-order valence-electron chi connectivity index (χ3n) is 4.55. The van der Waals surface area contributed by atoms with Crippen molar-refractivity contribution in [2.75, 3.05) is 0 Å². The van der Waals surface area contributed by atoms with Crippen molar-refractivity contribution in [3.8, 4) is 0 Å². The smallest absolute Gasteiger partial charge is 0.229 e. The number of hydrogen-bond acceptors (Lipinski definition) is 5. The van der Waals surface area contributed by atoms with Crippen LogP contribution in [0.5, 0.6) is 0 Å². The molecule has 0 aromatic carbocycles. The SMILES string of the molecule is CC(C)c1nc2oc3c(ncn4cnnc34)c2c2c1CCC2. The minimum absolute atomic E-state index is 0.394. The van der Waals surface area contributed by atoms with E-state index >= 15 is 0 Å². The molecule has 0 saturated heterocycles. The van der Waals surface area contributed by atoms with E-state index in [9.17, 15) is 0 Å². The summed E-state index contributed by atoms with van der Waals surface area (Å²) in [5.74, 6) is 0.394. The predicted molar refractivity (Wildman–Crippen MR) is 82.0 cm³/mol. The van der Waals surface area contributed by atoms with E-state index in [4.69, 9.17) is 9.40 Å². The average Bonchev–Trinajstić information content (AvgIpc) is 3.21. The summed E-state index contributed by atoms with van der Waals surface area (Å²) >= 11 is 0. The molecule has 0 radical (unpaired) electrons. The fourth-order valence-electron chi connectivity index (χ4n) is 3.60. The lowest BCUT2D eigenvalue weighted by Gasteiger charge is -2.10. The van der Waals surface area contributed by atoms with Gasteiger partial charge in [-0.1, -0.05) is 13.8 Å². The summed E-state index contributed by atoms with van der Waals surface area (Å²) in [6.45, 7) is 4.37. The molecule has 6 nitrogen and oxygen atoms in total. The van der Waals surface area contributed by atoms with Gasteiger partial charge in [-0.3, -0.25) is 4.40 Å². The maximum Gasteiger partial charge on any atom is 0.229 e. The monoisotopic (exact) mass is 293 g/mol. The number of furan rings is 1. The van der Waals surface area contributed by atoms with Gasteiger partial charge in [0.25, 0.3) is 0 Å². The Morgan fingerprint density at radius 3 is 2.91 bits per heavy atom. The molecule has 4 aromatic rings. The first-order chi connectivity index (χ1) is 10.7. The van der Waals surface area contributed by atoms with Gasteiger partial charge in [0, 0.05) is 0 Å². The second-order valence-electron chi connectivity index (χ2n) is 6.23. The summed E-state index contributed by atoms with van der Waals surface area (Å²) in [5.41, 5.74) is 6.84. The Labute approximate surface area is 126 Å². The zero-order valence-corrected chi connectivity index (χ0v) is 12.5. The Kier molecular flexibility index (Phi) is 2.21. The normalized spacial score (nSPS) is 14.7. The van der Waals surface area contributed by atoms with Gasteiger partial charge in [0.2, 0.25) is 16.9 Å². The Morgan fingerprint density at radius 1 is 1.18 bits per heavy atom.